The Bertz CT molecular complexity index is 902. The summed E-state index contributed by atoms with van der Waals surface area (Å²) in [5.41, 5.74) is -1.88. The van der Waals surface area contributed by atoms with Gasteiger partial charge in [-0.15, -0.1) is 0 Å². The maximum Gasteiger partial charge on any atom is 0.460 e. The summed E-state index contributed by atoms with van der Waals surface area (Å²) in [4.78, 5) is 14.6. The van der Waals surface area contributed by atoms with Crippen molar-refractivity contribution in [3.8, 4) is 22.9 Å². The third-order valence-corrected chi connectivity index (χ3v) is 3.63. The highest BCUT2D eigenvalue weighted by molar-refractivity contribution is 5.62. The zero-order chi connectivity index (χ0) is 20.6. The summed E-state index contributed by atoms with van der Waals surface area (Å²) in [5, 5.41) is 0. The molecule has 3 rings (SSSR count). The highest BCUT2D eigenvalue weighted by atomic mass is 19.4. The molecule has 0 aliphatic rings. The van der Waals surface area contributed by atoms with Gasteiger partial charge in [0.05, 0.1) is 5.69 Å². The molecule has 0 saturated heterocycles. The molecule has 0 saturated carbocycles. The van der Waals surface area contributed by atoms with Crippen molar-refractivity contribution < 1.29 is 30.7 Å². The van der Waals surface area contributed by atoms with E-state index < -0.39 is 29.5 Å². The van der Waals surface area contributed by atoms with Crippen molar-refractivity contribution in [1.82, 2.24) is 19.9 Å². The number of rotatable bonds is 4. The van der Waals surface area contributed by atoms with E-state index in [2.05, 4.69) is 19.9 Å². The van der Waals surface area contributed by atoms with Crippen LogP contribution in [0.3, 0.4) is 0 Å². The van der Waals surface area contributed by atoms with Crippen molar-refractivity contribution in [2.75, 3.05) is 0 Å². The van der Waals surface area contributed by atoms with Crippen LogP contribution in [0.2, 0.25) is 0 Å². The average Bonchev–Trinajstić information content (AvgIpc) is 2.68. The van der Waals surface area contributed by atoms with Gasteiger partial charge >= 0.3 is 18.0 Å². The van der Waals surface area contributed by atoms with Crippen LogP contribution >= 0.6 is 0 Å². The van der Waals surface area contributed by atoms with Gasteiger partial charge in [0.15, 0.2) is 11.6 Å². The molecular formula is C17H9F7N4. The molecule has 0 amide bonds. The van der Waals surface area contributed by atoms with Crippen molar-refractivity contribution in [2.24, 2.45) is 0 Å². The molecule has 2 heterocycles. The van der Waals surface area contributed by atoms with E-state index in [0.717, 1.165) is 0 Å². The second kappa shape index (κ2) is 6.80. The minimum absolute atomic E-state index is 0.203. The van der Waals surface area contributed by atoms with Crippen LogP contribution in [-0.2, 0) is 5.92 Å². The lowest BCUT2D eigenvalue weighted by Crippen LogP contribution is -2.50. The summed E-state index contributed by atoms with van der Waals surface area (Å²) in [6.07, 6.45) is -4.07. The molecule has 2 aromatic heterocycles. The summed E-state index contributed by atoms with van der Waals surface area (Å²) >= 11 is 0. The highest BCUT2D eigenvalue weighted by Crippen LogP contribution is 2.51. The van der Waals surface area contributed by atoms with E-state index in [4.69, 9.17) is 0 Å². The van der Waals surface area contributed by atoms with Gasteiger partial charge < -0.3 is 0 Å². The van der Waals surface area contributed by atoms with Gasteiger partial charge in [-0.2, -0.15) is 30.7 Å². The lowest BCUT2D eigenvalue weighted by Gasteiger charge is -2.28. The number of hydrogen-bond donors (Lipinski definition) is 0. The third-order valence-electron chi connectivity index (χ3n) is 3.63. The fourth-order valence-corrected chi connectivity index (χ4v) is 2.22. The Labute approximate surface area is 153 Å². The van der Waals surface area contributed by atoms with E-state index >= 15 is 0 Å². The minimum Gasteiger partial charge on any atom is -0.234 e. The van der Waals surface area contributed by atoms with Crippen LogP contribution in [0.25, 0.3) is 22.9 Å². The standard InChI is InChI=1S/C17H9F7N4/c18-15(19,16(20,21)17(22,23)24)12-9-11(10-5-2-1-3-6-10)27-14(28-12)13-25-7-4-8-26-13/h1-9H. The van der Waals surface area contributed by atoms with Gasteiger partial charge in [-0.05, 0) is 12.1 Å². The Hall–Kier alpha value is -3.11. The lowest BCUT2D eigenvalue weighted by molar-refractivity contribution is -0.360. The number of alkyl halides is 7. The van der Waals surface area contributed by atoms with Crippen LogP contribution in [0.1, 0.15) is 5.69 Å². The van der Waals surface area contributed by atoms with Gasteiger partial charge in [-0.3, -0.25) is 0 Å². The van der Waals surface area contributed by atoms with Gasteiger partial charge in [0.25, 0.3) is 0 Å². The molecule has 0 fully saturated rings. The number of hydrogen-bond acceptors (Lipinski definition) is 4. The molecule has 4 nitrogen and oxygen atoms in total. The van der Waals surface area contributed by atoms with E-state index in [9.17, 15) is 30.7 Å². The summed E-state index contributed by atoms with van der Waals surface area (Å²) < 4.78 is 93.1. The first-order valence-electron chi connectivity index (χ1n) is 7.59. The van der Waals surface area contributed by atoms with E-state index in [1.807, 2.05) is 0 Å². The van der Waals surface area contributed by atoms with Crippen LogP contribution in [0.15, 0.2) is 54.9 Å². The first-order valence-corrected chi connectivity index (χ1v) is 7.59. The van der Waals surface area contributed by atoms with Gasteiger partial charge in [-0.1, -0.05) is 30.3 Å². The molecule has 28 heavy (non-hydrogen) atoms. The topological polar surface area (TPSA) is 51.6 Å². The zero-order valence-corrected chi connectivity index (χ0v) is 13.6. The minimum atomic E-state index is -6.49. The fourth-order valence-electron chi connectivity index (χ4n) is 2.22. The van der Waals surface area contributed by atoms with Crippen LogP contribution in [0, 0.1) is 0 Å². The normalized spacial score (nSPS) is 12.8. The Morgan fingerprint density at radius 3 is 1.86 bits per heavy atom. The van der Waals surface area contributed by atoms with Crippen molar-refractivity contribution in [2.45, 2.75) is 18.0 Å². The molecule has 0 N–H and O–H groups in total. The van der Waals surface area contributed by atoms with Crippen LogP contribution < -0.4 is 0 Å². The third kappa shape index (κ3) is 3.39. The summed E-state index contributed by atoms with van der Waals surface area (Å²) in [6.45, 7) is 0. The molecular weight excluding hydrogens is 393 g/mol. The first kappa shape index (κ1) is 19.6. The van der Waals surface area contributed by atoms with Crippen LogP contribution in [-0.4, -0.2) is 32.0 Å². The Kier molecular flexibility index (Phi) is 4.77. The van der Waals surface area contributed by atoms with Gasteiger partial charge in [0.2, 0.25) is 0 Å². The van der Waals surface area contributed by atoms with Gasteiger partial charge in [0.1, 0.15) is 5.69 Å². The molecule has 0 aliphatic carbocycles. The van der Waals surface area contributed by atoms with E-state index in [0.29, 0.717) is 6.07 Å². The number of nitrogens with zero attached hydrogens (tertiary/aromatic N) is 4. The van der Waals surface area contributed by atoms with Crippen molar-refractivity contribution >= 4 is 0 Å². The quantitative estimate of drug-likeness (QED) is 0.583. The highest BCUT2D eigenvalue weighted by Gasteiger charge is 2.74. The molecule has 0 atom stereocenters. The van der Waals surface area contributed by atoms with Gasteiger partial charge in [-0.25, -0.2) is 19.9 Å². The van der Waals surface area contributed by atoms with E-state index in [1.54, 1.807) is 6.07 Å². The molecule has 3 aromatic rings. The lowest BCUT2D eigenvalue weighted by atomic mass is 10.0. The first-order chi connectivity index (χ1) is 13.0. The molecule has 0 bridgehead atoms. The maximum absolute atomic E-state index is 14.2. The summed E-state index contributed by atoms with van der Waals surface area (Å²) in [5.74, 6) is -12.9. The predicted molar refractivity (Wildman–Crippen MR) is 83.4 cm³/mol. The Balaban J connectivity index is 2.24. The Morgan fingerprint density at radius 2 is 1.29 bits per heavy atom. The second-order valence-corrected chi connectivity index (χ2v) is 5.55. The molecule has 0 unspecified atom stereocenters. The second-order valence-electron chi connectivity index (χ2n) is 5.55. The molecule has 11 heteroatoms. The fraction of sp³-hybridized carbons (Fsp3) is 0.176. The molecule has 1 aromatic carbocycles. The smallest absolute Gasteiger partial charge is 0.234 e. The zero-order valence-electron chi connectivity index (χ0n) is 13.6. The largest absolute Gasteiger partial charge is 0.460 e. The van der Waals surface area contributed by atoms with Crippen molar-refractivity contribution in [1.29, 1.82) is 0 Å². The molecule has 0 aliphatic heterocycles. The SMILES string of the molecule is FC(F)(F)C(F)(F)C(F)(F)c1cc(-c2ccccc2)nc(-c2ncccn2)n1. The van der Waals surface area contributed by atoms with Crippen LogP contribution in [0.5, 0.6) is 0 Å². The summed E-state index contributed by atoms with van der Waals surface area (Å²) in [7, 11) is 0. The number of benzene rings is 1. The van der Waals surface area contributed by atoms with Crippen molar-refractivity contribution in [3.63, 3.8) is 0 Å². The molecule has 146 valence electrons. The molecule has 0 radical (unpaired) electrons. The predicted octanol–water partition coefficient (Wildman–Crippen LogP) is 4.89. The van der Waals surface area contributed by atoms with Crippen molar-refractivity contribution in [3.05, 3.63) is 60.6 Å². The maximum atomic E-state index is 14.2. The number of aromatic nitrogens is 4. The summed E-state index contributed by atoms with van der Waals surface area (Å²) in [6, 6.07) is 9.23. The van der Waals surface area contributed by atoms with Crippen LogP contribution in [0.4, 0.5) is 30.7 Å². The molecule has 0 spiro atoms. The number of halogens is 7. The van der Waals surface area contributed by atoms with E-state index in [-0.39, 0.29) is 17.1 Å². The van der Waals surface area contributed by atoms with Gasteiger partial charge in [0, 0.05) is 18.0 Å². The monoisotopic (exact) mass is 402 g/mol. The van der Waals surface area contributed by atoms with E-state index in [1.165, 1.54) is 42.7 Å². The average molecular weight is 402 g/mol. The Morgan fingerprint density at radius 1 is 0.679 bits per heavy atom.